The Morgan fingerprint density at radius 1 is 1.37 bits per heavy atom. The number of piperidine rings is 1. The Morgan fingerprint density at radius 2 is 2.11 bits per heavy atom. The van der Waals surface area contributed by atoms with Gasteiger partial charge in [-0.05, 0) is 56.5 Å². The fraction of sp³-hybridized carbons (Fsp3) is 0.625. The Morgan fingerprint density at radius 3 is 2.79 bits per heavy atom. The maximum Gasteiger partial charge on any atom is 0.115 e. The third-order valence-electron chi connectivity index (χ3n) is 4.26. The Hall–Kier alpha value is -1.06. The first-order valence-electron chi connectivity index (χ1n) is 7.42. The van der Waals surface area contributed by atoms with E-state index < -0.39 is 0 Å². The van der Waals surface area contributed by atoms with Crippen molar-refractivity contribution in [1.29, 1.82) is 0 Å². The molecule has 2 N–H and O–H groups in total. The Bertz CT molecular complexity index is 377. The quantitative estimate of drug-likeness (QED) is 0.856. The van der Waals surface area contributed by atoms with E-state index in [2.05, 4.69) is 24.1 Å². The standard InChI is InChI=1S/C16H26N2O/c1-3-18-10-4-5-15(12-18)13(2)17-11-14-6-8-16(19)9-7-14/h6-9,13,15,17,19H,3-5,10-12H2,1-2H3. The molecule has 1 fully saturated rings. The SMILES string of the molecule is CCN1CCCC(C(C)NCc2ccc(O)cc2)C1. The van der Waals surface area contributed by atoms with Crippen LogP contribution in [0.2, 0.25) is 0 Å². The average molecular weight is 262 g/mol. The molecule has 0 radical (unpaired) electrons. The van der Waals surface area contributed by atoms with Gasteiger partial charge in [-0.15, -0.1) is 0 Å². The lowest BCUT2D eigenvalue weighted by Crippen LogP contribution is -2.44. The van der Waals surface area contributed by atoms with Crippen LogP contribution in [-0.4, -0.2) is 35.7 Å². The lowest BCUT2D eigenvalue weighted by Gasteiger charge is -2.35. The molecule has 1 aromatic carbocycles. The lowest BCUT2D eigenvalue weighted by atomic mass is 9.91. The van der Waals surface area contributed by atoms with E-state index in [1.165, 1.54) is 38.0 Å². The highest BCUT2D eigenvalue weighted by atomic mass is 16.3. The molecule has 19 heavy (non-hydrogen) atoms. The highest BCUT2D eigenvalue weighted by Gasteiger charge is 2.23. The van der Waals surface area contributed by atoms with Crippen molar-refractivity contribution in [2.75, 3.05) is 19.6 Å². The molecule has 1 heterocycles. The molecular formula is C16H26N2O. The van der Waals surface area contributed by atoms with E-state index in [1.54, 1.807) is 12.1 Å². The highest BCUT2D eigenvalue weighted by molar-refractivity contribution is 5.25. The van der Waals surface area contributed by atoms with E-state index in [1.807, 2.05) is 12.1 Å². The number of hydrogen-bond acceptors (Lipinski definition) is 3. The summed E-state index contributed by atoms with van der Waals surface area (Å²) in [6, 6.07) is 8.01. The van der Waals surface area contributed by atoms with Crippen LogP contribution in [0.5, 0.6) is 5.75 Å². The van der Waals surface area contributed by atoms with Crippen LogP contribution in [0.4, 0.5) is 0 Å². The number of likely N-dealkylation sites (tertiary alicyclic amines) is 1. The number of phenols is 1. The molecule has 0 bridgehead atoms. The largest absolute Gasteiger partial charge is 0.508 e. The molecule has 2 rings (SSSR count). The summed E-state index contributed by atoms with van der Waals surface area (Å²) in [5.74, 6) is 1.09. The zero-order chi connectivity index (χ0) is 13.7. The first-order valence-corrected chi connectivity index (χ1v) is 7.42. The average Bonchev–Trinajstić information content (AvgIpc) is 2.46. The zero-order valence-corrected chi connectivity index (χ0v) is 12.1. The first-order chi connectivity index (χ1) is 9.19. The molecule has 2 unspecified atom stereocenters. The molecule has 1 saturated heterocycles. The highest BCUT2D eigenvalue weighted by Crippen LogP contribution is 2.20. The normalized spacial score (nSPS) is 22.3. The summed E-state index contributed by atoms with van der Waals surface area (Å²) < 4.78 is 0. The molecular weight excluding hydrogens is 236 g/mol. The van der Waals surface area contributed by atoms with Gasteiger partial charge in [0.05, 0.1) is 0 Å². The second-order valence-corrected chi connectivity index (χ2v) is 5.63. The Balaban J connectivity index is 1.80. The van der Waals surface area contributed by atoms with Gasteiger partial charge in [0.25, 0.3) is 0 Å². The summed E-state index contributed by atoms with van der Waals surface area (Å²) in [4.78, 5) is 2.55. The van der Waals surface area contributed by atoms with Gasteiger partial charge in [0, 0.05) is 19.1 Å². The molecule has 0 aliphatic carbocycles. The van der Waals surface area contributed by atoms with Gasteiger partial charge >= 0.3 is 0 Å². The van der Waals surface area contributed by atoms with E-state index in [0.717, 1.165) is 12.5 Å². The monoisotopic (exact) mass is 262 g/mol. The molecule has 3 nitrogen and oxygen atoms in total. The van der Waals surface area contributed by atoms with E-state index in [-0.39, 0.29) is 0 Å². The van der Waals surface area contributed by atoms with Crippen molar-refractivity contribution in [3.05, 3.63) is 29.8 Å². The van der Waals surface area contributed by atoms with Gasteiger partial charge in [-0.25, -0.2) is 0 Å². The smallest absolute Gasteiger partial charge is 0.115 e. The van der Waals surface area contributed by atoms with E-state index in [4.69, 9.17) is 0 Å². The summed E-state index contributed by atoms with van der Waals surface area (Å²) >= 11 is 0. The van der Waals surface area contributed by atoms with E-state index >= 15 is 0 Å². The number of nitrogens with one attached hydrogen (secondary N) is 1. The van der Waals surface area contributed by atoms with Gasteiger partial charge < -0.3 is 15.3 Å². The molecule has 1 aliphatic heterocycles. The number of benzene rings is 1. The van der Waals surface area contributed by atoms with Gasteiger partial charge in [-0.3, -0.25) is 0 Å². The topological polar surface area (TPSA) is 35.5 Å². The second kappa shape index (κ2) is 6.92. The minimum atomic E-state index is 0.336. The number of hydrogen-bond donors (Lipinski definition) is 2. The number of nitrogens with zero attached hydrogens (tertiary/aromatic N) is 1. The van der Waals surface area contributed by atoms with Crippen molar-refractivity contribution in [3.63, 3.8) is 0 Å². The fourth-order valence-electron chi connectivity index (χ4n) is 2.85. The summed E-state index contributed by atoms with van der Waals surface area (Å²) in [6.45, 7) is 9.07. The summed E-state index contributed by atoms with van der Waals surface area (Å²) in [5, 5.41) is 12.9. The van der Waals surface area contributed by atoms with Crippen molar-refractivity contribution in [3.8, 4) is 5.75 Å². The first kappa shape index (κ1) is 14.4. The molecule has 1 aromatic rings. The van der Waals surface area contributed by atoms with Gasteiger partial charge in [-0.2, -0.15) is 0 Å². The number of aromatic hydroxyl groups is 1. The van der Waals surface area contributed by atoms with E-state index in [9.17, 15) is 5.11 Å². The Labute approximate surface area is 116 Å². The second-order valence-electron chi connectivity index (χ2n) is 5.63. The number of phenolic OH excluding ortho intramolecular Hbond substituents is 1. The van der Waals surface area contributed by atoms with Crippen LogP contribution in [0, 0.1) is 5.92 Å². The summed E-state index contributed by atoms with van der Waals surface area (Å²) in [6.07, 6.45) is 2.66. The van der Waals surface area contributed by atoms with Crippen LogP contribution in [-0.2, 0) is 6.54 Å². The van der Waals surface area contributed by atoms with Crippen molar-refractivity contribution >= 4 is 0 Å². The van der Waals surface area contributed by atoms with Gasteiger partial charge in [-0.1, -0.05) is 19.1 Å². The van der Waals surface area contributed by atoms with Crippen molar-refractivity contribution in [2.24, 2.45) is 5.92 Å². The minimum Gasteiger partial charge on any atom is -0.508 e. The van der Waals surface area contributed by atoms with E-state index in [0.29, 0.717) is 11.8 Å². The molecule has 0 spiro atoms. The van der Waals surface area contributed by atoms with Crippen LogP contribution in [0.15, 0.2) is 24.3 Å². The van der Waals surface area contributed by atoms with Crippen LogP contribution in [0.3, 0.4) is 0 Å². The lowest BCUT2D eigenvalue weighted by molar-refractivity contribution is 0.157. The maximum atomic E-state index is 9.27. The van der Waals surface area contributed by atoms with Crippen molar-refractivity contribution in [1.82, 2.24) is 10.2 Å². The predicted octanol–water partition coefficient (Wildman–Crippen LogP) is 2.60. The molecule has 0 aromatic heterocycles. The zero-order valence-electron chi connectivity index (χ0n) is 12.1. The third kappa shape index (κ3) is 4.22. The van der Waals surface area contributed by atoms with Crippen molar-refractivity contribution in [2.45, 2.75) is 39.3 Å². The van der Waals surface area contributed by atoms with Gasteiger partial charge in [0.15, 0.2) is 0 Å². The third-order valence-corrected chi connectivity index (χ3v) is 4.26. The van der Waals surface area contributed by atoms with Crippen LogP contribution in [0.25, 0.3) is 0 Å². The summed E-state index contributed by atoms with van der Waals surface area (Å²) in [7, 11) is 0. The molecule has 2 atom stereocenters. The number of rotatable bonds is 5. The Kier molecular flexibility index (Phi) is 5.23. The molecule has 1 aliphatic rings. The van der Waals surface area contributed by atoms with Crippen LogP contribution >= 0.6 is 0 Å². The van der Waals surface area contributed by atoms with Crippen LogP contribution < -0.4 is 5.32 Å². The molecule has 0 saturated carbocycles. The molecule has 0 amide bonds. The van der Waals surface area contributed by atoms with Gasteiger partial charge in [0.2, 0.25) is 0 Å². The van der Waals surface area contributed by atoms with Crippen molar-refractivity contribution < 1.29 is 5.11 Å². The minimum absolute atomic E-state index is 0.336. The molecule has 106 valence electrons. The predicted molar refractivity (Wildman–Crippen MR) is 79.2 cm³/mol. The molecule has 3 heteroatoms. The fourth-order valence-corrected chi connectivity index (χ4v) is 2.85. The summed E-state index contributed by atoms with van der Waals surface area (Å²) in [5.41, 5.74) is 1.23. The van der Waals surface area contributed by atoms with Gasteiger partial charge in [0.1, 0.15) is 5.75 Å². The van der Waals surface area contributed by atoms with Crippen LogP contribution in [0.1, 0.15) is 32.3 Å². The maximum absolute atomic E-state index is 9.27.